The predicted octanol–water partition coefficient (Wildman–Crippen LogP) is 3.98. The second kappa shape index (κ2) is 7.96. The van der Waals surface area contributed by atoms with Gasteiger partial charge in [-0.1, -0.05) is 11.6 Å². The van der Waals surface area contributed by atoms with Crippen molar-refractivity contribution in [3.05, 3.63) is 53.2 Å². The summed E-state index contributed by atoms with van der Waals surface area (Å²) in [6, 6.07) is 8.42. The van der Waals surface area contributed by atoms with Gasteiger partial charge in [0.1, 0.15) is 11.6 Å². The van der Waals surface area contributed by atoms with Crippen LogP contribution < -0.4 is 5.32 Å². The summed E-state index contributed by atoms with van der Waals surface area (Å²) in [5.74, 6) is 0.543. The van der Waals surface area contributed by atoms with Crippen molar-refractivity contribution in [2.24, 2.45) is 0 Å². The lowest BCUT2D eigenvalue weighted by atomic mass is 10.3. The quantitative estimate of drug-likeness (QED) is 0.829. The van der Waals surface area contributed by atoms with Crippen LogP contribution in [-0.2, 0) is 6.54 Å². The Labute approximate surface area is 151 Å². The summed E-state index contributed by atoms with van der Waals surface area (Å²) in [5.41, 5.74) is 0.697. The van der Waals surface area contributed by atoms with Crippen molar-refractivity contribution in [1.29, 1.82) is 0 Å². The third-order valence-electron chi connectivity index (χ3n) is 4.01. The highest BCUT2D eigenvalue weighted by molar-refractivity contribution is 7.80. The van der Waals surface area contributed by atoms with Gasteiger partial charge in [-0.3, -0.25) is 4.90 Å². The number of rotatable bonds is 3. The molecule has 1 aliphatic heterocycles. The Bertz CT molecular complexity index is 695. The van der Waals surface area contributed by atoms with Crippen LogP contribution in [0.15, 0.2) is 41.0 Å². The maximum Gasteiger partial charge on any atom is 0.173 e. The summed E-state index contributed by atoms with van der Waals surface area (Å²) in [5, 5.41) is 3.86. The maximum absolute atomic E-state index is 13.2. The monoisotopic (exact) mass is 367 g/mol. The van der Waals surface area contributed by atoms with Gasteiger partial charge in [-0.15, -0.1) is 0 Å². The summed E-state index contributed by atoms with van der Waals surface area (Å²) >= 11 is 11.3. The lowest BCUT2D eigenvalue weighted by Gasteiger charge is -2.24. The summed E-state index contributed by atoms with van der Waals surface area (Å²) in [6.07, 6.45) is 2.72. The first-order valence-corrected chi connectivity index (χ1v) is 8.66. The minimum atomic E-state index is -0.434. The molecule has 1 aliphatic rings. The molecule has 1 N–H and O–H groups in total. The van der Waals surface area contributed by atoms with Gasteiger partial charge in [-0.2, -0.15) is 0 Å². The molecule has 0 saturated carbocycles. The third kappa shape index (κ3) is 4.47. The molecule has 1 aromatic carbocycles. The topological polar surface area (TPSA) is 31.6 Å². The van der Waals surface area contributed by atoms with Crippen LogP contribution >= 0.6 is 23.8 Å². The van der Waals surface area contributed by atoms with E-state index in [2.05, 4.69) is 15.1 Å². The molecule has 0 spiro atoms. The summed E-state index contributed by atoms with van der Waals surface area (Å²) in [4.78, 5) is 4.49. The Morgan fingerprint density at radius 1 is 1.25 bits per heavy atom. The van der Waals surface area contributed by atoms with Gasteiger partial charge in [0.05, 0.1) is 17.8 Å². The maximum atomic E-state index is 13.2. The molecule has 3 rings (SSSR count). The zero-order valence-electron chi connectivity index (χ0n) is 13.2. The molecule has 1 fully saturated rings. The predicted molar refractivity (Wildman–Crippen MR) is 97.8 cm³/mol. The lowest BCUT2D eigenvalue weighted by molar-refractivity contribution is 0.255. The second-order valence-electron chi connectivity index (χ2n) is 5.76. The molecular weight excluding hydrogens is 349 g/mol. The smallest absolute Gasteiger partial charge is 0.173 e. The van der Waals surface area contributed by atoms with Crippen LogP contribution in [0.25, 0.3) is 0 Å². The van der Waals surface area contributed by atoms with Crippen LogP contribution in [0.5, 0.6) is 0 Å². The van der Waals surface area contributed by atoms with Crippen molar-refractivity contribution in [2.45, 2.75) is 13.0 Å². The molecule has 2 aromatic rings. The number of nitrogens with one attached hydrogen (secondary N) is 1. The van der Waals surface area contributed by atoms with Crippen LogP contribution in [0.3, 0.4) is 0 Å². The van der Waals surface area contributed by atoms with Crippen LogP contribution in [0, 0.1) is 5.82 Å². The van der Waals surface area contributed by atoms with E-state index in [0.717, 1.165) is 44.9 Å². The van der Waals surface area contributed by atoms with E-state index in [4.69, 9.17) is 28.2 Å². The summed E-state index contributed by atoms with van der Waals surface area (Å²) < 4.78 is 18.6. The minimum absolute atomic E-state index is 0.0864. The first-order chi connectivity index (χ1) is 11.6. The Balaban J connectivity index is 1.55. The summed E-state index contributed by atoms with van der Waals surface area (Å²) in [6.45, 7) is 4.44. The number of nitrogens with zero attached hydrogens (tertiary/aromatic N) is 2. The Morgan fingerprint density at radius 2 is 2.12 bits per heavy atom. The Hall–Kier alpha value is -1.63. The standard InChI is InChI=1S/C17H19ClFN3OS/c18-15-11-13(4-5-16(15)19)20-17(24)22-7-2-6-21(8-9-22)12-14-3-1-10-23-14/h1,3-5,10-11H,2,6-9,12H2,(H,20,24). The fourth-order valence-electron chi connectivity index (χ4n) is 2.73. The highest BCUT2D eigenvalue weighted by Crippen LogP contribution is 2.20. The van der Waals surface area contributed by atoms with Crippen molar-refractivity contribution in [1.82, 2.24) is 9.80 Å². The summed E-state index contributed by atoms with van der Waals surface area (Å²) in [7, 11) is 0. The molecule has 0 unspecified atom stereocenters. The van der Waals surface area contributed by atoms with Gasteiger partial charge in [-0.25, -0.2) is 4.39 Å². The zero-order chi connectivity index (χ0) is 16.9. The van der Waals surface area contributed by atoms with Crippen molar-refractivity contribution in [3.63, 3.8) is 0 Å². The molecule has 0 radical (unpaired) electrons. The number of hydrogen-bond donors (Lipinski definition) is 1. The van der Waals surface area contributed by atoms with Gasteiger partial charge in [0.25, 0.3) is 0 Å². The fraction of sp³-hybridized carbons (Fsp3) is 0.353. The fourth-order valence-corrected chi connectivity index (χ4v) is 3.21. The van der Waals surface area contributed by atoms with E-state index in [-0.39, 0.29) is 5.02 Å². The molecule has 0 amide bonds. The van der Waals surface area contributed by atoms with Gasteiger partial charge < -0.3 is 14.6 Å². The SMILES string of the molecule is Fc1ccc(NC(=S)N2CCCN(Cc3ccco3)CC2)cc1Cl. The molecule has 0 atom stereocenters. The average molecular weight is 368 g/mol. The van der Waals surface area contributed by atoms with Crippen LogP contribution in [-0.4, -0.2) is 41.1 Å². The van der Waals surface area contributed by atoms with Gasteiger partial charge in [0.15, 0.2) is 5.11 Å². The Morgan fingerprint density at radius 3 is 2.88 bits per heavy atom. The minimum Gasteiger partial charge on any atom is -0.468 e. The largest absolute Gasteiger partial charge is 0.468 e. The first kappa shape index (κ1) is 17.2. The number of benzene rings is 1. The van der Waals surface area contributed by atoms with Gasteiger partial charge in [0, 0.05) is 31.9 Å². The van der Waals surface area contributed by atoms with E-state index in [9.17, 15) is 4.39 Å². The number of halogens is 2. The van der Waals surface area contributed by atoms with Crippen molar-refractivity contribution >= 4 is 34.6 Å². The Kier molecular flexibility index (Phi) is 5.71. The second-order valence-corrected chi connectivity index (χ2v) is 6.55. The van der Waals surface area contributed by atoms with E-state index in [1.807, 2.05) is 12.1 Å². The zero-order valence-corrected chi connectivity index (χ0v) is 14.7. The molecule has 0 bridgehead atoms. The molecule has 128 valence electrons. The van der Waals surface area contributed by atoms with E-state index >= 15 is 0 Å². The van der Waals surface area contributed by atoms with Crippen molar-refractivity contribution in [3.8, 4) is 0 Å². The van der Waals surface area contributed by atoms with E-state index in [1.54, 1.807) is 18.4 Å². The number of anilines is 1. The highest BCUT2D eigenvalue weighted by Gasteiger charge is 2.18. The van der Waals surface area contributed by atoms with Crippen LogP contribution in [0.2, 0.25) is 5.02 Å². The van der Waals surface area contributed by atoms with Crippen LogP contribution in [0.4, 0.5) is 10.1 Å². The first-order valence-electron chi connectivity index (χ1n) is 7.87. The van der Waals surface area contributed by atoms with E-state index < -0.39 is 5.82 Å². The molecule has 7 heteroatoms. The molecule has 4 nitrogen and oxygen atoms in total. The van der Waals surface area contributed by atoms with E-state index in [1.165, 1.54) is 6.07 Å². The molecular formula is C17H19ClFN3OS. The van der Waals surface area contributed by atoms with Crippen LogP contribution in [0.1, 0.15) is 12.2 Å². The number of furan rings is 1. The van der Waals surface area contributed by atoms with Gasteiger partial charge in [-0.05, 0) is 49.0 Å². The number of hydrogen-bond acceptors (Lipinski definition) is 3. The molecule has 1 saturated heterocycles. The average Bonchev–Trinajstić information content (AvgIpc) is 2.95. The lowest BCUT2D eigenvalue weighted by Crippen LogP contribution is -2.37. The van der Waals surface area contributed by atoms with Gasteiger partial charge >= 0.3 is 0 Å². The normalized spacial score (nSPS) is 16.0. The third-order valence-corrected chi connectivity index (χ3v) is 4.66. The molecule has 2 heterocycles. The molecule has 1 aromatic heterocycles. The molecule has 24 heavy (non-hydrogen) atoms. The molecule has 0 aliphatic carbocycles. The van der Waals surface area contributed by atoms with Crippen molar-refractivity contribution < 1.29 is 8.81 Å². The number of thiocarbonyl (C=S) groups is 1. The van der Waals surface area contributed by atoms with E-state index in [0.29, 0.717) is 10.8 Å². The highest BCUT2D eigenvalue weighted by atomic mass is 35.5. The van der Waals surface area contributed by atoms with Crippen molar-refractivity contribution in [2.75, 3.05) is 31.5 Å². The van der Waals surface area contributed by atoms with Gasteiger partial charge in [0.2, 0.25) is 0 Å².